The van der Waals surface area contributed by atoms with Crippen LogP contribution in [0.15, 0.2) is 42.7 Å². The Labute approximate surface area is 126 Å². The Balaban J connectivity index is 1.96. The van der Waals surface area contributed by atoms with Crippen molar-refractivity contribution in [1.82, 2.24) is 4.57 Å². The Morgan fingerprint density at radius 3 is 2.38 bits per heavy atom. The van der Waals surface area contributed by atoms with E-state index in [0.29, 0.717) is 5.56 Å². The number of Topliss-reactive ketones (excluding diaryl/α,β-unsaturated/α-hetero) is 1. The first kappa shape index (κ1) is 15.4. The van der Waals surface area contributed by atoms with E-state index in [0.717, 1.165) is 12.2 Å². The van der Waals surface area contributed by atoms with Crippen molar-refractivity contribution in [3.63, 3.8) is 0 Å². The molecule has 0 fully saturated rings. The maximum absolute atomic E-state index is 12.0. The van der Waals surface area contributed by atoms with E-state index in [-0.39, 0.29) is 17.8 Å². The first-order valence-electron chi connectivity index (χ1n) is 7.31. The van der Waals surface area contributed by atoms with Crippen LogP contribution in [0.4, 0.5) is 0 Å². The molecule has 1 aromatic carbocycles. The number of carbonyl (C=O) groups is 1. The number of hydrogen-bond donors (Lipinski definition) is 0. The molecule has 1 aromatic heterocycles. The minimum atomic E-state index is -0.00596. The van der Waals surface area contributed by atoms with Gasteiger partial charge in [-0.25, -0.2) is 0 Å². The molecule has 2 rings (SSSR count). The molecule has 0 radical (unpaired) electrons. The molecule has 21 heavy (non-hydrogen) atoms. The highest BCUT2D eigenvalue weighted by molar-refractivity contribution is 5.97. The second-order valence-corrected chi connectivity index (χ2v) is 6.04. The van der Waals surface area contributed by atoms with E-state index < -0.39 is 0 Å². The molecule has 0 aliphatic carbocycles. The summed E-state index contributed by atoms with van der Waals surface area (Å²) in [5, 5.41) is 0. The van der Waals surface area contributed by atoms with E-state index in [1.165, 1.54) is 5.56 Å². The van der Waals surface area contributed by atoms with Gasteiger partial charge in [0.05, 0.1) is 0 Å². The lowest BCUT2D eigenvalue weighted by molar-refractivity contribution is 0.0921. The van der Waals surface area contributed by atoms with Gasteiger partial charge in [-0.1, -0.05) is 32.9 Å². The Hall–Kier alpha value is -2.03. The molecule has 0 N–H and O–H groups in total. The number of rotatable bonds is 6. The van der Waals surface area contributed by atoms with Crippen LogP contribution in [0.3, 0.4) is 0 Å². The average molecular weight is 285 g/mol. The van der Waals surface area contributed by atoms with Crippen molar-refractivity contribution in [2.45, 2.75) is 32.6 Å². The standard InChI is InChI=1S/C18H23NO2/c1-5-18(2,3)15-6-8-16(9-7-15)21-13-17(20)14-10-11-19(4)12-14/h6-12H,5,13H2,1-4H3. The van der Waals surface area contributed by atoms with Crippen molar-refractivity contribution in [2.75, 3.05) is 6.61 Å². The second-order valence-electron chi connectivity index (χ2n) is 6.04. The number of hydrogen-bond acceptors (Lipinski definition) is 2. The van der Waals surface area contributed by atoms with Crippen molar-refractivity contribution in [2.24, 2.45) is 7.05 Å². The molecule has 0 atom stereocenters. The Morgan fingerprint density at radius 1 is 1.19 bits per heavy atom. The fraction of sp³-hybridized carbons (Fsp3) is 0.389. The maximum atomic E-state index is 12.0. The van der Waals surface area contributed by atoms with Gasteiger partial charge in [0.1, 0.15) is 5.75 Å². The lowest BCUT2D eigenvalue weighted by atomic mass is 9.82. The summed E-state index contributed by atoms with van der Waals surface area (Å²) in [5.74, 6) is 0.725. The van der Waals surface area contributed by atoms with Crippen LogP contribution in [0.2, 0.25) is 0 Å². The summed E-state index contributed by atoms with van der Waals surface area (Å²) in [7, 11) is 1.89. The van der Waals surface area contributed by atoms with E-state index >= 15 is 0 Å². The van der Waals surface area contributed by atoms with Crippen molar-refractivity contribution in [3.8, 4) is 5.75 Å². The molecule has 0 saturated heterocycles. The normalized spacial score (nSPS) is 11.4. The third-order valence-electron chi connectivity index (χ3n) is 4.04. The van der Waals surface area contributed by atoms with E-state index in [9.17, 15) is 4.79 Å². The molecule has 0 amide bonds. The molecule has 0 aliphatic heterocycles. The number of benzene rings is 1. The molecular weight excluding hydrogens is 262 g/mol. The Bertz CT molecular complexity index is 608. The third-order valence-corrected chi connectivity index (χ3v) is 4.04. The number of aryl methyl sites for hydroxylation is 1. The van der Waals surface area contributed by atoms with Crippen LogP contribution < -0.4 is 4.74 Å². The van der Waals surface area contributed by atoms with Crippen molar-refractivity contribution in [3.05, 3.63) is 53.9 Å². The lowest BCUT2D eigenvalue weighted by Gasteiger charge is -2.23. The van der Waals surface area contributed by atoms with Gasteiger partial charge in [0.2, 0.25) is 5.78 Å². The topological polar surface area (TPSA) is 31.2 Å². The minimum absolute atomic E-state index is 0.00596. The molecule has 3 heteroatoms. The fourth-order valence-corrected chi connectivity index (χ4v) is 2.11. The Kier molecular flexibility index (Phi) is 4.51. The molecule has 0 unspecified atom stereocenters. The van der Waals surface area contributed by atoms with Crippen LogP contribution in [-0.4, -0.2) is 17.0 Å². The summed E-state index contributed by atoms with van der Waals surface area (Å²) in [6.07, 6.45) is 4.74. The van der Waals surface area contributed by atoms with Crippen LogP contribution in [0.5, 0.6) is 5.75 Å². The third kappa shape index (κ3) is 3.75. The first-order valence-corrected chi connectivity index (χ1v) is 7.31. The van der Waals surface area contributed by atoms with E-state index in [1.807, 2.05) is 29.9 Å². The minimum Gasteiger partial charge on any atom is -0.485 e. The molecule has 0 aliphatic rings. The number of carbonyl (C=O) groups excluding carboxylic acids is 1. The van der Waals surface area contributed by atoms with Gasteiger partial charge in [-0.3, -0.25) is 4.79 Å². The zero-order valence-electron chi connectivity index (χ0n) is 13.2. The van der Waals surface area contributed by atoms with Gasteiger partial charge in [-0.15, -0.1) is 0 Å². The van der Waals surface area contributed by atoms with Crippen LogP contribution in [0.1, 0.15) is 43.1 Å². The summed E-state index contributed by atoms with van der Waals surface area (Å²) in [4.78, 5) is 12.0. The SMILES string of the molecule is CCC(C)(C)c1ccc(OCC(=O)c2ccn(C)c2)cc1. The number of ether oxygens (including phenoxy) is 1. The number of nitrogens with zero attached hydrogens (tertiary/aromatic N) is 1. The van der Waals surface area contributed by atoms with Crippen LogP contribution in [0.25, 0.3) is 0 Å². The van der Waals surface area contributed by atoms with Crippen LogP contribution in [0, 0.1) is 0 Å². The van der Waals surface area contributed by atoms with Gasteiger partial charge in [0.15, 0.2) is 6.61 Å². The van der Waals surface area contributed by atoms with Gasteiger partial charge in [-0.05, 0) is 35.6 Å². The molecule has 2 aromatic rings. The number of ketones is 1. The molecule has 3 nitrogen and oxygen atoms in total. The van der Waals surface area contributed by atoms with E-state index in [1.54, 1.807) is 12.3 Å². The molecule has 0 saturated carbocycles. The molecule has 0 bridgehead atoms. The fourth-order valence-electron chi connectivity index (χ4n) is 2.11. The van der Waals surface area contributed by atoms with Crippen molar-refractivity contribution < 1.29 is 9.53 Å². The summed E-state index contributed by atoms with van der Waals surface area (Å²) < 4.78 is 7.43. The van der Waals surface area contributed by atoms with Crippen LogP contribution >= 0.6 is 0 Å². The quantitative estimate of drug-likeness (QED) is 0.752. The summed E-state index contributed by atoms with van der Waals surface area (Å²) in [5.41, 5.74) is 2.13. The van der Waals surface area contributed by atoms with Gasteiger partial charge in [0.25, 0.3) is 0 Å². The van der Waals surface area contributed by atoms with Gasteiger partial charge < -0.3 is 9.30 Å². The molecular formula is C18H23NO2. The van der Waals surface area contributed by atoms with Gasteiger partial charge in [0, 0.05) is 25.0 Å². The van der Waals surface area contributed by atoms with Crippen LogP contribution in [-0.2, 0) is 12.5 Å². The summed E-state index contributed by atoms with van der Waals surface area (Å²) in [6, 6.07) is 9.83. The van der Waals surface area contributed by atoms with Crippen molar-refractivity contribution >= 4 is 5.78 Å². The highest BCUT2D eigenvalue weighted by Crippen LogP contribution is 2.28. The lowest BCUT2D eigenvalue weighted by Crippen LogP contribution is -2.15. The predicted octanol–water partition coefficient (Wildman–Crippen LogP) is 3.97. The summed E-state index contributed by atoms with van der Waals surface area (Å²) >= 11 is 0. The second kappa shape index (κ2) is 6.17. The largest absolute Gasteiger partial charge is 0.485 e. The average Bonchev–Trinajstić information content (AvgIpc) is 2.92. The van der Waals surface area contributed by atoms with Crippen molar-refractivity contribution in [1.29, 1.82) is 0 Å². The van der Waals surface area contributed by atoms with E-state index in [4.69, 9.17) is 4.74 Å². The molecule has 112 valence electrons. The van der Waals surface area contributed by atoms with Gasteiger partial charge in [-0.2, -0.15) is 0 Å². The monoisotopic (exact) mass is 285 g/mol. The number of aromatic nitrogens is 1. The maximum Gasteiger partial charge on any atom is 0.201 e. The molecule has 0 spiro atoms. The summed E-state index contributed by atoms with van der Waals surface area (Å²) in [6.45, 7) is 6.70. The Morgan fingerprint density at radius 2 is 1.86 bits per heavy atom. The van der Waals surface area contributed by atoms with Gasteiger partial charge >= 0.3 is 0 Å². The zero-order chi connectivity index (χ0) is 15.5. The smallest absolute Gasteiger partial charge is 0.201 e. The molecule has 1 heterocycles. The highest BCUT2D eigenvalue weighted by Gasteiger charge is 2.17. The zero-order valence-corrected chi connectivity index (χ0v) is 13.2. The van der Waals surface area contributed by atoms with E-state index in [2.05, 4.69) is 32.9 Å². The highest BCUT2D eigenvalue weighted by atomic mass is 16.5. The predicted molar refractivity (Wildman–Crippen MR) is 85.0 cm³/mol. The first-order chi connectivity index (χ1) is 9.92.